The quantitative estimate of drug-likeness (QED) is 0.203. The average molecular weight is 587 g/mol. The van der Waals surface area contributed by atoms with Gasteiger partial charge in [0.25, 0.3) is 0 Å². The van der Waals surface area contributed by atoms with Crippen molar-refractivity contribution in [1.82, 2.24) is 0 Å². The molecule has 40 heavy (non-hydrogen) atoms. The topological polar surface area (TPSA) is 121 Å². The normalized spacial score (nSPS) is 11.6. The number of hydrogen-bond donors (Lipinski definition) is 0. The van der Waals surface area contributed by atoms with Crippen LogP contribution in [0.5, 0.6) is 11.5 Å². The van der Waals surface area contributed by atoms with Crippen molar-refractivity contribution in [2.75, 3.05) is 12.5 Å². The van der Waals surface area contributed by atoms with Crippen LogP contribution in [0, 0.1) is 11.6 Å². The fourth-order valence-electron chi connectivity index (χ4n) is 3.92. The van der Waals surface area contributed by atoms with Crippen LogP contribution in [0.4, 0.5) is 8.78 Å². The lowest BCUT2D eigenvalue weighted by molar-refractivity contribution is 0.102. The zero-order valence-corrected chi connectivity index (χ0v) is 22.6. The van der Waals surface area contributed by atoms with Crippen molar-refractivity contribution in [3.8, 4) is 22.6 Å². The number of carbonyl (C=O) groups is 2. The minimum atomic E-state index is -3.99. The van der Waals surface area contributed by atoms with Crippen molar-refractivity contribution >= 4 is 31.8 Å². The Labute approximate surface area is 229 Å². The third kappa shape index (κ3) is 6.96. The highest BCUT2D eigenvalue weighted by Crippen LogP contribution is 2.35. The molecule has 0 N–H and O–H groups in total. The van der Waals surface area contributed by atoms with E-state index in [1.165, 1.54) is 48.5 Å². The van der Waals surface area contributed by atoms with E-state index in [4.69, 9.17) is 8.37 Å². The maximum atomic E-state index is 13.9. The number of rotatable bonds is 9. The van der Waals surface area contributed by atoms with Gasteiger partial charge in [-0.15, -0.1) is 0 Å². The largest absolute Gasteiger partial charge is 0.383 e. The lowest BCUT2D eigenvalue weighted by atomic mass is 9.88. The fraction of sp³-hybridized carbons (Fsp3) is 0.0714. The Morgan fingerprint density at radius 2 is 0.950 bits per heavy atom. The molecule has 0 atom stereocenters. The smallest absolute Gasteiger partial charge is 0.306 e. The van der Waals surface area contributed by atoms with Gasteiger partial charge in [-0.05, 0) is 71.8 Å². The SMILES string of the molecule is CS(=O)(=O)Oc1ccc(-c2ccc(OS(C)(=O)=O)cc2C(=O)c2cccc(F)c2)c(C(=O)c2cccc(F)c2)c1. The minimum Gasteiger partial charge on any atom is -0.383 e. The molecule has 4 aromatic rings. The molecule has 0 unspecified atom stereocenters. The zero-order chi connectivity index (χ0) is 29.2. The summed E-state index contributed by atoms with van der Waals surface area (Å²) in [5.74, 6) is -3.29. The van der Waals surface area contributed by atoms with E-state index in [0.29, 0.717) is 0 Å². The molecule has 0 aromatic heterocycles. The zero-order valence-electron chi connectivity index (χ0n) is 20.9. The summed E-state index contributed by atoms with van der Waals surface area (Å²) in [4.78, 5) is 27.1. The molecule has 8 nitrogen and oxygen atoms in total. The Morgan fingerprint density at radius 3 is 1.27 bits per heavy atom. The molecule has 206 valence electrons. The van der Waals surface area contributed by atoms with Gasteiger partial charge in [0.15, 0.2) is 11.6 Å². The van der Waals surface area contributed by atoms with Crippen molar-refractivity contribution in [1.29, 1.82) is 0 Å². The van der Waals surface area contributed by atoms with Gasteiger partial charge in [-0.2, -0.15) is 16.8 Å². The molecule has 4 rings (SSSR count). The first-order valence-corrected chi connectivity index (χ1v) is 15.0. The predicted octanol–water partition coefficient (Wildman–Crippen LogP) is 4.77. The average Bonchev–Trinajstić information content (AvgIpc) is 2.86. The van der Waals surface area contributed by atoms with Gasteiger partial charge in [-0.3, -0.25) is 9.59 Å². The van der Waals surface area contributed by atoms with Crippen LogP contribution in [0.15, 0.2) is 84.9 Å². The molecular weight excluding hydrogens is 566 g/mol. The summed E-state index contributed by atoms with van der Waals surface area (Å²) in [5, 5.41) is 0. The molecule has 0 bridgehead atoms. The molecule has 12 heteroatoms. The van der Waals surface area contributed by atoms with Gasteiger partial charge < -0.3 is 8.37 Å². The van der Waals surface area contributed by atoms with Crippen LogP contribution in [0.3, 0.4) is 0 Å². The van der Waals surface area contributed by atoms with Crippen molar-refractivity contribution in [3.05, 3.63) is 119 Å². The Kier molecular flexibility index (Phi) is 7.85. The summed E-state index contributed by atoms with van der Waals surface area (Å²) < 4.78 is 84.7. The first-order chi connectivity index (χ1) is 18.7. The van der Waals surface area contributed by atoms with E-state index in [0.717, 1.165) is 48.9 Å². The molecule has 0 aliphatic heterocycles. The van der Waals surface area contributed by atoms with E-state index in [1.807, 2.05) is 0 Å². The predicted molar refractivity (Wildman–Crippen MR) is 142 cm³/mol. The van der Waals surface area contributed by atoms with E-state index in [-0.39, 0.29) is 44.9 Å². The second-order valence-electron chi connectivity index (χ2n) is 8.67. The standard InChI is InChI=1S/C28H20F2O8S2/c1-39(33,34)37-21-9-11-23(25(15-21)27(31)17-5-3-7-19(29)13-17)24-12-10-22(38-40(2,35)36)16-26(24)28(32)18-6-4-8-20(30)14-18/h3-16H,1-2H3. The van der Waals surface area contributed by atoms with Crippen LogP contribution < -0.4 is 8.37 Å². The van der Waals surface area contributed by atoms with Crippen LogP contribution in [0.2, 0.25) is 0 Å². The maximum absolute atomic E-state index is 13.9. The summed E-state index contributed by atoms with van der Waals surface area (Å²) in [5.41, 5.74) is -0.268. The Hall–Kier alpha value is -4.42. The highest BCUT2D eigenvalue weighted by molar-refractivity contribution is 7.86. The number of ketones is 2. The first-order valence-electron chi connectivity index (χ1n) is 11.4. The van der Waals surface area contributed by atoms with E-state index in [2.05, 4.69) is 0 Å². The minimum absolute atomic E-state index is 0.0761. The lowest BCUT2D eigenvalue weighted by Crippen LogP contribution is -2.11. The molecule has 0 amide bonds. The number of hydrogen-bond acceptors (Lipinski definition) is 8. The van der Waals surface area contributed by atoms with Crippen LogP contribution in [0.1, 0.15) is 31.8 Å². The highest BCUT2D eigenvalue weighted by atomic mass is 32.2. The molecule has 0 radical (unpaired) electrons. The van der Waals surface area contributed by atoms with Gasteiger partial charge >= 0.3 is 20.2 Å². The van der Waals surface area contributed by atoms with Gasteiger partial charge in [-0.25, -0.2) is 8.78 Å². The Balaban J connectivity index is 1.98. The maximum Gasteiger partial charge on any atom is 0.306 e. The van der Waals surface area contributed by atoms with Crippen molar-refractivity contribution in [2.24, 2.45) is 0 Å². The molecule has 0 fully saturated rings. The van der Waals surface area contributed by atoms with Crippen LogP contribution in [-0.2, 0) is 20.2 Å². The molecule has 4 aromatic carbocycles. The van der Waals surface area contributed by atoms with Crippen molar-refractivity contribution in [3.63, 3.8) is 0 Å². The highest BCUT2D eigenvalue weighted by Gasteiger charge is 2.24. The molecule has 0 saturated carbocycles. The molecule has 0 aliphatic carbocycles. The van der Waals surface area contributed by atoms with Crippen molar-refractivity contribution < 1.29 is 43.6 Å². The van der Waals surface area contributed by atoms with Gasteiger partial charge in [0.2, 0.25) is 0 Å². The third-order valence-electron chi connectivity index (χ3n) is 5.43. The number of carbonyl (C=O) groups excluding carboxylic acids is 2. The summed E-state index contributed by atoms with van der Waals surface area (Å²) in [6.07, 6.45) is 1.62. The summed E-state index contributed by atoms with van der Waals surface area (Å²) in [6, 6.07) is 17.0. The Bertz CT molecular complexity index is 1730. The van der Waals surface area contributed by atoms with E-state index in [1.54, 1.807) is 0 Å². The second-order valence-corrected chi connectivity index (χ2v) is 11.8. The van der Waals surface area contributed by atoms with Crippen LogP contribution >= 0.6 is 0 Å². The molecule has 0 saturated heterocycles. The van der Waals surface area contributed by atoms with E-state index >= 15 is 0 Å². The number of benzene rings is 4. The lowest BCUT2D eigenvalue weighted by Gasteiger charge is -2.16. The summed E-state index contributed by atoms with van der Waals surface area (Å²) in [7, 11) is -7.98. The van der Waals surface area contributed by atoms with Crippen LogP contribution in [0.25, 0.3) is 11.1 Å². The second kappa shape index (κ2) is 11.0. The van der Waals surface area contributed by atoms with Gasteiger partial charge in [0.05, 0.1) is 12.5 Å². The number of halogens is 2. The fourth-order valence-corrected chi connectivity index (χ4v) is 4.82. The molecular formula is C28H20F2O8S2. The van der Waals surface area contributed by atoms with Gasteiger partial charge in [0, 0.05) is 22.3 Å². The van der Waals surface area contributed by atoms with E-state index in [9.17, 15) is 35.2 Å². The molecule has 0 aliphatic rings. The third-order valence-corrected chi connectivity index (χ3v) is 6.42. The first kappa shape index (κ1) is 28.6. The van der Waals surface area contributed by atoms with E-state index < -0.39 is 43.4 Å². The van der Waals surface area contributed by atoms with Gasteiger partial charge in [0.1, 0.15) is 23.1 Å². The Morgan fingerprint density at radius 1 is 0.575 bits per heavy atom. The molecule has 0 spiro atoms. The van der Waals surface area contributed by atoms with Crippen molar-refractivity contribution in [2.45, 2.75) is 0 Å². The monoisotopic (exact) mass is 586 g/mol. The summed E-state index contributed by atoms with van der Waals surface area (Å²) in [6.45, 7) is 0. The summed E-state index contributed by atoms with van der Waals surface area (Å²) >= 11 is 0. The molecule has 0 heterocycles. The van der Waals surface area contributed by atoms with Crippen LogP contribution in [-0.4, -0.2) is 40.9 Å². The van der Waals surface area contributed by atoms with Gasteiger partial charge in [-0.1, -0.05) is 24.3 Å².